The number of nitrogen functional groups attached to an aromatic ring is 1. The summed E-state index contributed by atoms with van der Waals surface area (Å²) in [5.74, 6) is 0.420. The summed E-state index contributed by atoms with van der Waals surface area (Å²) in [7, 11) is 0. The van der Waals surface area contributed by atoms with Crippen LogP contribution in [0, 0.1) is 0 Å². The molecule has 0 saturated heterocycles. The molecule has 0 unspecified atom stereocenters. The molecule has 0 amide bonds. The molecule has 0 aliphatic rings. The first-order valence-electron chi connectivity index (χ1n) is 6.53. The molecule has 2 nitrogen and oxygen atoms in total. The molecule has 1 aromatic carbocycles. The molecule has 2 aromatic rings. The van der Waals surface area contributed by atoms with Gasteiger partial charge in [0.1, 0.15) is 0 Å². The lowest BCUT2D eigenvalue weighted by molar-refractivity contribution is 0.819. The number of nitrogens with zero attached hydrogens (tertiary/aromatic N) is 1. The van der Waals surface area contributed by atoms with Gasteiger partial charge in [-0.1, -0.05) is 42.8 Å². The predicted octanol–water partition coefficient (Wildman–Crippen LogP) is 4.76. The summed E-state index contributed by atoms with van der Waals surface area (Å²) in [6.45, 7) is 6.52. The highest BCUT2D eigenvalue weighted by molar-refractivity contribution is 9.10. The second-order valence-corrected chi connectivity index (χ2v) is 6.99. The second kappa shape index (κ2) is 6.06. The number of hydrogen-bond donors (Lipinski definition) is 1. The van der Waals surface area contributed by atoms with Gasteiger partial charge in [0.2, 0.25) is 0 Å². The first-order valence-corrected chi connectivity index (χ1v) is 8.14. The Balaban J connectivity index is 2.36. The first kappa shape index (κ1) is 14.5. The van der Waals surface area contributed by atoms with Gasteiger partial charge in [-0.3, -0.25) is 0 Å². The summed E-state index contributed by atoms with van der Waals surface area (Å²) in [4.78, 5) is 5.76. The van der Waals surface area contributed by atoms with E-state index in [0.717, 1.165) is 23.0 Å². The minimum absolute atomic E-state index is 0.420. The molecule has 2 N–H and O–H groups in total. The van der Waals surface area contributed by atoms with Crippen LogP contribution in [0.5, 0.6) is 0 Å². The number of aromatic nitrogens is 1. The summed E-state index contributed by atoms with van der Waals surface area (Å²) in [5, 5.41) is 0.675. The van der Waals surface area contributed by atoms with Crippen LogP contribution in [0.3, 0.4) is 0 Å². The quantitative estimate of drug-likeness (QED) is 0.872. The Hall–Kier alpha value is -0.870. The average Bonchev–Trinajstić information content (AvgIpc) is 2.72. The lowest BCUT2D eigenvalue weighted by Crippen LogP contribution is -1.98. The van der Waals surface area contributed by atoms with Crippen LogP contribution >= 0.6 is 27.3 Å². The number of rotatable bonds is 4. The van der Waals surface area contributed by atoms with Crippen molar-refractivity contribution in [3.05, 3.63) is 44.4 Å². The van der Waals surface area contributed by atoms with Crippen molar-refractivity contribution in [2.75, 3.05) is 5.73 Å². The number of halogens is 1. The zero-order chi connectivity index (χ0) is 14.0. The normalized spacial score (nSPS) is 11.2. The van der Waals surface area contributed by atoms with Gasteiger partial charge in [0.15, 0.2) is 5.13 Å². The van der Waals surface area contributed by atoms with Crippen molar-refractivity contribution in [1.29, 1.82) is 0 Å². The van der Waals surface area contributed by atoms with Gasteiger partial charge in [-0.15, -0.1) is 11.3 Å². The summed E-state index contributed by atoms with van der Waals surface area (Å²) < 4.78 is 1.14. The fourth-order valence-corrected chi connectivity index (χ4v) is 3.65. The molecule has 0 radical (unpaired) electrons. The van der Waals surface area contributed by atoms with Crippen LogP contribution in [0.4, 0.5) is 5.13 Å². The summed E-state index contributed by atoms with van der Waals surface area (Å²) in [6, 6.07) is 6.51. The van der Waals surface area contributed by atoms with Gasteiger partial charge in [-0.2, -0.15) is 0 Å². The monoisotopic (exact) mass is 338 g/mol. The highest BCUT2D eigenvalue weighted by Gasteiger charge is 2.14. The number of aryl methyl sites for hydroxylation is 1. The number of hydrogen-bond acceptors (Lipinski definition) is 3. The molecule has 0 spiro atoms. The highest BCUT2D eigenvalue weighted by atomic mass is 79.9. The predicted molar refractivity (Wildman–Crippen MR) is 86.9 cm³/mol. The van der Waals surface area contributed by atoms with Gasteiger partial charge in [0.25, 0.3) is 0 Å². The SMILES string of the molecule is CCc1cc(Br)ccc1Cc1sc(N)nc1C(C)C. The number of anilines is 1. The van der Waals surface area contributed by atoms with E-state index in [4.69, 9.17) is 5.73 Å². The van der Waals surface area contributed by atoms with Crippen molar-refractivity contribution < 1.29 is 0 Å². The van der Waals surface area contributed by atoms with E-state index >= 15 is 0 Å². The Bertz CT molecular complexity index is 576. The molecule has 0 fully saturated rings. The summed E-state index contributed by atoms with van der Waals surface area (Å²) >= 11 is 5.15. The molecule has 19 heavy (non-hydrogen) atoms. The van der Waals surface area contributed by atoms with E-state index < -0.39 is 0 Å². The van der Waals surface area contributed by atoms with Crippen LogP contribution in [0.1, 0.15) is 48.4 Å². The molecule has 0 aliphatic carbocycles. The van der Waals surface area contributed by atoms with Crippen molar-refractivity contribution in [3.8, 4) is 0 Å². The Labute approximate surface area is 127 Å². The first-order chi connectivity index (χ1) is 9.01. The molecular weight excluding hydrogens is 320 g/mol. The van der Waals surface area contributed by atoms with Crippen molar-refractivity contribution in [1.82, 2.24) is 4.98 Å². The Morgan fingerprint density at radius 3 is 2.68 bits per heavy atom. The van der Waals surface area contributed by atoms with Gasteiger partial charge in [0, 0.05) is 15.8 Å². The van der Waals surface area contributed by atoms with Crippen LogP contribution in [-0.4, -0.2) is 4.98 Å². The maximum atomic E-state index is 5.87. The number of thiazole rings is 1. The van der Waals surface area contributed by atoms with E-state index in [9.17, 15) is 0 Å². The largest absolute Gasteiger partial charge is 0.375 e. The van der Waals surface area contributed by atoms with E-state index in [0.29, 0.717) is 11.0 Å². The molecule has 0 saturated carbocycles. The second-order valence-electron chi connectivity index (χ2n) is 4.96. The Morgan fingerprint density at radius 1 is 1.32 bits per heavy atom. The third kappa shape index (κ3) is 3.37. The van der Waals surface area contributed by atoms with Gasteiger partial charge in [-0.05, 0) is 35.6 Å². The lowest BCUT2D eigenvalue weighted by Gasteiger charge is -2.09. The van der Waals surface area contributed by atoms with Crippen molar-refractivity contribution in [3.63, 3.8) is 0 Å². The van der Waals surface area contributed by atoms with Gasteiger partial charge in [0.05, 0.1) is 5.69 Å². The van der Waals surface area contributed by atoms with Gasteiger partial charge < -0.3 is 5.73 Å². The molecule has 1 aromatic heterocycles. The van der Waals surface area contributed by atoms with Crippen LogP contribution in [0.15, 0.2) is 22.7 Å². The molecule has 1 heterocycles. The molecule has 2 rings (SSSR count). The van der Waals surface area contributed by atoms with Gasteiger partial charge in [-0.25, -0.2) is 4.98 Å². The molecule has 0 aliphatic heterocycles. The van der Waals surface area contributed by atoms with Crippen molar-refractivity contribution in [2.24, 2.45) is 0 Å². The topological polar surface area (TPSA) is 38.9 Å². The van der Waals surface area contributed by atoms with Crippen LogP contribution in [0.2, 0.25) is 0 Å². The van der Waals surface area contributed by atoms with Crippen LogP contribution in [0.25, 0.3) is 0 Å². The maximum Gasteiger partial charge on any atom is 0.180 e. The Morgan fingerprint density at radius 2 is 2.05 bits per heavy atom. The molecule has 4 heteroatoms. The molecule has 0 bridgehead atoms. The third-order valence-electron chi connectivity index (χ3n) is 3.19. The van der Waals surface area contributed by atoms with Gasteiger partial charge >= 0.3 is 0 Å². The zero-order valence-electron chi connectivity index (χ0n) is 11.5. The molecule has 0 atom stereocenters. The third-order valence-corrected chi connectivity index (χ3v) is 4.58. The lowest BCUT2D eigenvalue weighted by atomic mass is 9.99. The standard InChI is InChI=1S/C15H19BrN2S/c1-4-10-7-12(16)6-5-11(10)8-13-14(9(2)3)18-15(17)19-13/h5-7,9H,4,8H2,1-3H3,(H2,17,18). The average molecular weight is 339 g/mol. The smallest absolute Gasteiger partial charge is 0.180 e. The minimum atomic E-state index is 0.420. The van der Waals surface area contributed by atoms with E-state index in [-0.39, 0.29) is 0 Å². The maximum absolute atomic E-state index is 5.87. The van der Waals surface area contributed by atoms with Crippen molar-refractivity contribution in [2.45, 2.75) is 39.5 Å². The van der Waals surface area contributed by atoms with E-state index in [1.165, 1.54) is 16.0 Å². The fourth-order valence-electron chi connectivity index (χ4n) is 2.23. The van der Waals surface area contributed by atoms with E-state index in [2.05, 4.69) is 59.9 Å². The van der Waals surface area contributed by atoms with E-state index in [1.807, 2.05) is 0 Å². The Kier molecular flexibility index (Phi) is 4.63. The molecular formula is C15H19BrN2S. The van der Waals surface area contributed by atoms with E-state index in [1.54, 1.807) is 11.3 Å². The summed E-state index contributed by atoms with van der Waals surface area (Å²) in [6.07, 6.45) is 1.97. The van der Waals surface area contributed by atoms with Crippen LogP contribution in [-0.2, 0) is 12.8 Å². The minimum Gasteiger partial charge on any atom is -0.375 e. The number of benzene rings is 1. The van der Waals surface area contributed by atoms with Crippen molar-refractivity contribution >= 4 is 32.4 Å². The number of nitrogens with two attached hydrogens (primary N) is 1. The fraction of sp³-hybridized carbons (Fsp3) is 0.400. The molecule has 102 valence electrons. The van der Waals surface area contributed by atoms with Crippen LogP contribution < -0.4 is 5.73 Å². The highest BCUT2D eigenvalue weighted by Crippen LogP contribution is 2.30. The zero-order valence-corrected chi connectivity index (χ0v) is 13.9. The summed E-state index contributed by atoms with van der Waals surface area (Å²) in [5.41, 5.74) is 9.77.